The van der Waals surface area contributed by atoms with E-state index in [9.17, 15) is 0 Å². The number of para-hydroxylation sites is 5. The number of benzene rings is 7. The minimum Gasteiger partial charge on any atom is -0.335 e. The number of allylic oxidation sites excluding steroid dienone is 4. The molecule has 0 fully saturated rings. The average molecular weight is 837 g/mol. The van der Waals surface area contributed by atoms with E-state index < -0.39 is 0 Å². The van der Waals surface area contributed by atoms with Crippen LogP contribution in [0.2, 0.25) is 0 Å². The zero-order chi connectivity index (χ0) is 44.7. The van der Waals surface area contributed by atoms with E-state index in [0.717, 1.165) is 34.9 Å². The molecule has 10 aromatic rings. The number of fused-ring (bicyclic) bond motifs is 7. The summed E-state index contributed by atoms with van der Waals surface area (Å²) in [6, 6.07) is 61.8. The van der Waals surface area contributed by atoms with E-state index in [0.29, 0.717) is 0 Å². The van der Waals surface area contributed by atoms with Crippen molar-refractivity contribution in [1.29, 1.82) is 0 Å². The van der Waals surface area contributed by atoms with Crippen molar-refractivity contribution in [2.45, 2.75) is 67.9 Å². The molecule has 7 aromatic carbocycles. The van der Waals surface area contributed by atoms with Gasteiger partial charge in [-0.25, -0.2) is 0 Å². The van der Waals surface area contributed by atoms with Crippen molar-refractivity contribution in [3.63, 3.8) is 0 Å². The fraction of sp³-hybridized carbons (Fsp3) is 0.167. The van der Waals surface area contributed by atoms with E-state index in [1.54, 1.807) is 0 Å². The van der Waals surface area contributed by atoms with Gasteiger partial charge in [0.25, 0.3) is 0 Å². The van der Waals surface area contributed by atoms with E-state index >= 15 is 0 Å². The van der Waals surface area contributed by atoms with E-state index in [1.165, 1.54) is 65.8 Å². The second-order valence-corrected chi connectivity index (χ2v) is 15.5. The molecule has 3 heterocycles. The predicted molar refractivity (Wildman–Crippen MR) is 281 cm³/mol. The Balaban J connectivity index is 0.00000136. The van der Waals surface area contributed by atoms with Crippen LogP contribution in [0.3, 0.4) is 0 Å². The Morgan fingerprint density at radius 1 is 0.500 bits per heavy atom. The first-order chi connectivity index (χ1) is 31.6. The Kier molecular flexibility index (Phi) is 13.1. The zero-order valence-corrected chi connectivity index (χ0v) is 38.6. The van der Waals surface area contributed by atoms with Crippen molar-refractivity contribution in [2.24, 2.45) is 0 Å². The van der Waals surface area contributed by atoms with E-state index in [2.05, 4.69) is 247 Å². The minimum atomic E-state index is 0.0139. The quantitative estimate of drug-likeness (QED) is 0.126. The molecule has 0 amide bonds. The van der Waals surface area contributed by atoms with Crippen LogP contribution in [-0.2, 0) is 6.42 Å². The maximum atomic E-state index is 2.45. The molecule has 10 rings (SSSR count). The van der Waals surface area contributed by atoms with Crippen LogP contribution >= 0.6 is 0 Å². The fourth-order valence-corrected chi connectivity index (χ4v) is 9.48. The number of hydrogen-bond acceptors (Lipinski definition) is 1. The molecule has 4 heteroatoms. The molecule has 0 spiro atoms. The summed E-state index contributed by atoms with van der Waals surface area (Å²) >= 11 is 0. The largest absolute Gasteiger partial charge is 0.335 e. The summed E-state index contributed by atoms with van der Waals surface area (Å²) < 4.78 is 7.21. The van der Waals surface area contributed by atoms with Gasteiger partial charge >= 0.3 is 0 Å². The lowest BCUT2D eigenvalue weighted by Gasteiger charge is -2.30. The van der Waals surface area contributed by atoms with Crippen molar-refractivity contribution in [3.8, 4) is 11.4 Å². The number of anilines is 2. The van der Waals surface area contributed by atoms with Gasteiger partial charge in [0.15, 0.2) is 0 Å². The SMILES string of the molecule is C/C=C\c1c(CC)n(C(/C=C\C(C)N(c2ccc(-n3c4ccccc4c4ccccc43)cc2)c2ccc(-n3c4ccccc4c4ccccc43)cc2)=C/C)c2ccccc12.CC.CC. The Labute approximate surface area is 379 Å². The molecule has 0 saturated heterocycles. The molecule has 320 valence electrons. The van der Waals surface area contributed by atoms with Crippen LogP contribution in [0.5, 0.6) is 0 Å². The van der Waals surface area contributed by atoms with Gasteiger partial charge in [0.1, 0.15) is 0 Å². The summed E-state index contributed by atoms with van der Waals surface area (Å²) in [7, 11) is 0. The van der Waals surface area contributed by atoms with Gasteiger partial charge in [0, 0.05) is 72.7 Å². The highest BCUT2D eigenvalue weighted by atomic mass is 15.2. The molecule has 0 radical (unpaired) electrons. The van der Waals surface area contributed by atoms with E-state index in [-0.39, 0.29) is 6.04 Å². The lowest BCUT2D eigenvalue weighted by molar-refractivity contribution is 0.862. The standard InChI is InChI=1S/C56H48N4.2C2H6/c1-5-18-45-46-19-8-13-24-52(46)58(51(45)7-3)40(6-2)30-29-39(4)57(41-31-35-43(36-32-41)59-53-25-14-9-20-47(53)48-21-10-15-26-54(48)59)42-33-37-44(38-34-42)60-55-27-16-11-22-49(55)50-23-12-17-28-56(50)60;2*1-2/h5-6,8-39H,7H2,1-4H3;2*1-2H3/b18-5-,30-29-,40-6+;;. The monoisotopic (exact) mass is 836 g/mol. The summed E-state index contributed by atoms with van der Waals surface area (Å²) in [6.45, 7) is 16.8. The summed E-state index contributed by atoms with van der Waals surface area (Å²) in [6.07, 6.45) is 12.2. The summed E-state index contributed by atoms with van der Waals surface area (Å²) in [4.78, 5) is 2.45. The number of rotatable bonds is 10. The molecule has 0 aliphatic carbocycles. The Morgan fingerprint density at radius 2 is 0.875 bits per heavy atom. The second-order valence-electron chi connectivity index (χ2n) is 15.5. The van der Waals surface area contributed by atoms with Crippen molar-refractivity contribution in [3.05, 3.63) is 205 Å². The summed E-state index contributed by atoms with van der Waals surface area (Å²) in [5.41, 5.74) is 14.4. The predicted octanol–water partition coefficient (Wildman–Crippen LogP) is 17.1. The van der Waals surface area contributed by atoms with Gasteiger partial charge in [-0.2, -0.15) is 0 Å². The molecule has 0 bridgehead atoms. The van der Waals surface area contributed by atoms with Crippen LogP contribution in [0.25, 0.3) is 77.7 Å². The van der Waals surface area contributed by atoms with Gasteiger partial charge in [-0.15, -0.1) is 0 Å². The van der Waals surface area contributed by atoms with Gasteiger partial charge in [-0.1, -0.05) is 150 Å². The fourth-order valence-electron chi connectivity index (χ4n) is 9.48. The van der Waals surface area contributed by atoms with Crippen molar-refractivity contribution >= 4 is 77.7 Å². The number of nitrogens with zero attached hydrogens (tertiary/aromatic N) is 4. The first-order valence-corrected chi connectivity index (χ1v) is 23.2. The van der Waals surface area contributed by atoms with Crippen LogP contribution in [-0.4, -0.2) is 19.7 Å². The Hall–Kier alpha value is -7.30. The molecule has 0 aliphatic heterocycles. The van der Waals surface area contributed by atoms with E-state index in [4.69, 9.17) is 0 Å². The van der Waals surface area contributed by atoms with Gasteiger partial charge in [-0.3, -0.25) is 0 Å². The van der Waals surface area contributed by atoms with Gasteiger partial charge in [0.05, 0.1) is 27.6 Å². The zero-order valence-electron chi connectivity index (χ0n) is 38.6. The van der Waals surface area contributed by atoms with Crippen molar-refractivity contribution in [1.82, 2.24) is 13.7 Å². The van der Waals surface area contributed by atoms with E-state index in [1.807, 2.05) is 27.7 Å². The molecule has 4 nitrogen and oxygen atoms in total. The topological polar surface area (TPSA) is 18.0 Å². The van der Waals surface area contributed by atoms with Gasteiger partial charge < -0.3 is 18.6 Å². The molecular weight excluding hydrogens is 777 g/mol. The second kappa shape index (κ2) is 19.4. The molecule has 0 aliphatic rings. The van der Waals surface area contributed by atoms with Crippen LogP contribution in [0.4, 0.5) is 11.4 Å². The molecule has 0 N–H and O–H groups in total. The third-order valence-electron chi connectivity index (χ3n) is 12.1. The van der Waals surface area contributed by atoms with Gasteiger partial charge in [-0.05, 0) is 112 Å². The highest BCUT2D eigenvalue weighted by Crippen LogP contribution is 2.37. The van der Waals surface area contributed by atoms with Crippen LogP contribution in [0.15, 0.2) is 194 Å². The first-order valence-electron chi connectivity index (χ1n) is 23.2. The molecule has 0 saturated carbocycles. The molecule has 3 aromatic heterocycles. The summed E-state index contributed by atoms with van der Waals surface area (Å²) in [5.74, 6) is 0. The highest BCUT2D eigenvalue weighted by Gasteiger charge is 2.20. The van der Waals surface area contributed by atoms with Crippen molar-refractivity contribution < 1.29 is 0 Å². The van der Waals surface area contributed by atoms with Gasteiger partial charge in [0.2, 0.25) is 0 Å². The molecular formula is C60H60N4. The van der Waals surface area contributed by atoms with Crippen LogP contribution in [0.1, 0.15) is 66.6 Å². The Bertz CT molecular complexity index is 3010. The molecule has 64 heavy (non-hydrogen) atoms. The van der Waals surface area contributed by atoms with Crippen LogP contribution in [0, 0.1) is 0 Å². The number of aromatic nitrogens is 3. The number of hydrogen-bond donors (Lipinski definition) is 0. The minimum absolute atomic E-state index is 0.0139. The smallest absolute Gasteiger partial charge is 0.0541 e. The van der Waals surface area contributed by atoms with Crippen LogP contribution < -0.4 is 4.90 Å². The molecule has 1 unspecified atom stereocenters. The summed E-state index contributed by atoms with van der Waals surface area (Å²) in [5, 5.41) is 6.34. The normalized spacial score (nSPS) is 12.3. The lowest BCUT2D eigenvalue weighted by Crippen LogP contribution is -2.26. The third-order valence-corrected chi connectivity index (χ3v) is 12.1. The maximum absolute atomic E-state index is 2.45. The average Bonchev–Trinajstić information content (AvgIpc) is 3.99. The third kappa shape index (κ3) is 7.64. The van der Waals surface area contributed by atoms with Crippen molar-refractivity contribution in [2.75, 3.05) is 4.90 Å². The first kappa shape index (κ1) is 43.4. The molecule has 1 atom stereocenters. The maximum Gasteiger partial charge on any atom is 0.0541 e. The Morgan fingerprint density at radius 3 is 1.25 bits per heavy atom. The lowest BCUT2D eigenvalue weighted by atomic mass is 10.1. The highest BCUT2D eigenvalue weighted by molar-refractivity contribution is 6.10.